The van der Waals surface area contributed by atoms with E-state index in [1.54, 1.807) is 12.1 Å². The molecule has 138 valence electrons. The van der Waals surface area contributed by atoms with E-state index in [1.165, 1.54) is 17.4 Å². The minimum Gasteiger partial charge on any atom is -0.347 e. The third-order valence-corrected chi connectivity index (χ3v) is 5.81. The molecule has 0 saturated carbocycles. The first-order valence-corrected chi connectivity index (χ1v) is 9.48. The molecule has 1 aromatic carbocycles. The largest absolute Gasteiger partial charge is 0.347 e. The average Bonchev–Trinajstić information content (AvgIpc) is 3.00. The molecule has 0 unspecified atom stereocenters. The number of rotatable bonds is 3. The molecule has 0 bridgehead atoms. The van der Waals surface area contributed by atoms with Gasteiger partial charge in [0.25, 0.3) is 0 Å². The highest BCUT2D eigenvalue weighted by Gasteiger charge is 2.39. The number of halogens is 1. The van der Waals surface area contributed by atoms with Crippen molar-refractivity contribution >= 4 is 16.5 Å². The molecule has 2 aromatic rings. The van der Waals surface area contributed by atoms with Crippen molar-refractivity contribution in [3.63, 3.8) is 0 Å². The predicted molar refractivity (Wildman–Crippen MR) is 103 cm³/mol. The van der Waals surface area contributed by atoms with Gasteiger partial charge in [-0.05, 0) is 58.7 Å². The molecule has 3 rings (SSSR count). The SMILES string of the molecule is CN(c1nnc(-c2ccc(C#N)cc2F)s1)C1CC(C)(C)NC(C)(C)C1. The average molecular weight is 374 g/mol. The van der Waals surface area contributed by atoms with Crippen molar-refractivity contribution in [1.82, 2.24) is 15.5 Å². The van der Waals surface area contributed by atoms with Gasteiger partial charge in [0.2, 0.25) is 5.13 Å². The number of nitriles is 1. The zero-order valence-corrected chi connectivity index (χ0v) is 16.6. The van der Waals surface area contributed by atoms with Crippen LogP contribution in [0.4, 0.5) is 9.52 Å². The van der Waals surface area contributed by atoms with Crippen LogP contribution in [0.2, 0.25) is 0 Å². The van der Waals surface area contributed by atoms with Gasteiger partial charge < -0.3 is 10.2 Å². The van der Waals surface area contributed by atoms with E-state index in [9.17, 15) is 4.39 Å². The first kappa shape index (κ1) is 18.7. The predicted octanol–water partition coefficient (Wildman–Crippen LogP) is 3.96. The number of nitrogens with zero attached hydrogens (tertiary/aromatic N) is 4. The number of piperidine rings is 1. The molecule has 1 aromatic heterocycles. The maximum absolute atomic E-state index is 14.3. The lowest BCUT2D eigenvalue weighted by Crippen LogP contribution is -2.61. The molecule has 1 aliphatic rings. The second-order valence-corrected chi connectivity index (χ2v) is 9.22. The summed E-state index contributed by atoms with van der Waals surface area (Å²) in [5, 5.41) is 22.3. The molecule has 0 amide bonds. The van der Waals surface area contributed by atoms with Crippen LogP contribution in [0.5, 0.6) is 0 Å². The smallest absolute Gasteiger partial charge is 0.208 e. The summed E-state index contributed by atoms with van der Waals surface area (Å²) in [5.74, 6) is -0.446. The van der Waals surface area contributed by atoms with Gasteiger partial charge in [-0.25, -0.2) is 4.39 Å². The minimum absolute atomic E-state index is 0.0351. The Hall–Kier alpha value is -2.04. The molecular weight excluding hydrogens is 349 g/mol. The summed E-state index contributed by atoms with van der Waals surface area (Å²) in [6.07, 6.45) is 1.99. The van der Waals surface area contributed by atoms with Crippen LogP contribution in [0, 0.1) is 17.1 Å². The monoisotopic (exact) mass is 373 g/mol. The van der Waals surface area contributed by atoms with E-state index in [0.717, 1.165) is 18.0 Å². The van der Waals surface area contributed by atoms with Crippen LogP contribution in [0.1, 0.15) is 46.1 Å². The van der Waals surface area contributed by atoms with Gasteiger partial charge in [0, 0.05) is 29.7 Å². The zero-order valence-electron chi connectivity index (χ0n) is 15.8. The maximum atomic E-state index is 14.3. The van der Waals surface area contributed by atoms with E-state index in [4.69, 9.17) is 5.26 Å². The molecule has 0 radical (unpaired) electrons. The number of aromatic nitrogens is 2. The molecule has 5 nitrogen and oxygen atoms in total. The maximum Gasteiger partial charge on any atom is 0.208 e. The normalized spacial score (nSPS) is 19.1. The first-order valence-electron chi connectivity index (χ1n) is 8.66. The Kier molecular flexibility index (Phi) is 4.76. The fourth-order valence-corrected chi connectivity index (χ4v) is 4.83. The molecular formula is C19H24FN5S. The molecule has 7 heteroatoms. The number of hydrogen-bond donors (Lipinski definition) is 1. The molecule has 1 fully saturated rings. The molecule has 1 saturated heterocycles. The topological polar surface area (TPSA) is 64.8 Å². The number of benzene rings is 1. The summed E-state index contributed by atoms with van der Waals surface area (Å²) >= 11 is 1.38. The van der Waals surface area contributed by atoms with Crippen LogP contribution in [0.15, 0.2) is 18.2 Å². The Labute approximate surface area is 157 Å². The third kappa shape index (κ3) is 3.87. The lowest BCUT2D eigenvalue weighted by Gasteiger charge is -2.48. The Morgan fingerprint density at radius 3 is 2.46 bits per heavy atom. The molecule has 1 aliphatic heterocycles. The van der Waals surface area contributed by atoms with Crippen LogP contribution in [0.25, 0.3) is 10.6 Å². The van der Waals surface area contributed by atoms with Gasteiger partial charge in [-0.15, -0.1) is 10.2 Å². The Morgan fingerprint density at radius 1 is 1.23 bits per heavy atom. The molecule has 0 aliphatic carbocycles. The summed E-state index contributed by atoms with van der Waals surface area (Å²) in [7, 11) is 2.03. The second-order valence-electron chi connectivity index (χ2n) is 8.26. The van der Waals surface area contributed by atoms with Crippen molar-refractivity contribution in [3.8, 4) is 16.6 Å². The fraction of sp³-hybridized carbons (Fsp3) is 0.526. The molecule has 0 atom stereocenters. The van der Waals surface area contributed by atoms with Crippen LogP contribution < -0.4 is 10.2 Å². The summed E-state index contributed by atoms with van der Waals surface area (Å²) < 4.78 is 14.3. The molecule has 0 spiro atoms. The Morgan fingerprint density at radius 2 is 1.88 bits per heavy atom. The van der Waals surface area contributed by atoms with Crippen molar-refractivity contribution in [2.45, 2.75) is 57.7 Å². The van der Waals surface area contributed by atoms with Gasteiger partial charge >= 0.3 is 0 Å². The van der Waals surface area contributed by atoms with E-state index in [0.29, 0.717) is 22.2 Å². The number of hydrogen-bond acceptors (Lipinski definition) is 6. The summed E-state index contributed by atoms with van der Waals surface area (Å²) in [6.45, 7) is 8.86. The molecule has 2 heterocycles. The minimum atomic E-state index is -0.446. The zero-order chi connectivity index (χ0) is 19.1. The van der Waals surface area contributed by atoms with Gasteiger partial charge in [0.05, 0.1) is 11.6 Å². The summed E-state index contributed by atoms with van der Waals surface area (Å²) in [6, 6.07) is 6.69. The summed E-state index contributed by atoms with van der Waals surface area (Å²) in [5.41, 5.74) is 0.750. The Bertz CT molecular complexity index is 836. The van der Waals surface area contributed by atoms with Crippen LogP contribution >= 0.6 is 11.3 Å². The van der Waals surface area contributed by atoms with Crippen LogP contribution in [0.3, 0.4) is 0 Å². The van der Waals surface area contributed by atoms with E-state index >= 15 is 0 Å². The van der Waals surface area contributed by atoms with E-state index in [2.05, 4.69) is 48.1 Å². The van der Waals surface area contributed by atoms with Gasteiger partial charge in [0.15, 0.2) is 5.01 Å². The van der Waals surface area contributed by atoms with Crippen molar-refractivity contribution in [2.75, 3.05) is 11.9 Å². The fourth-order valence-electron chi connectivity index (χ4n) is 3.92. The van der Waals surface area contributed by atoms with Crippen molar-refractivity contribution in [2.24, 2.45) is 0 Å². The first-order chi connectivity index (χ1) is 12.1. The van der Waals surface area contributed by atoms with Gasteiger partial charge in [-0.2, -0.15) is 5.26 Å². The van der Waals surface area contributed by atoms with Gasteiger partial charge in [-0.1, -0.05) is 11.3 Å². The highest BCUT2D eigenvalue weighted by atomic mass is 32.1. The van der Waals surface area contributed by atoms with Crippen molar-refractivity contribution < 1.29 is 4.39 Å². The van der Waals surface area contributed by atoms with Crippen molar-refractivity contribution in [1.29, 1.82) is 5.26 Å². The second kappa shape index (κ2) is 6.60. The standard InChI is InChI=1S/C19H24FN5S/c1-18(2)9-13(10-19(3,4)24-18)25(5)17-23-22-16(26-17)14-7-6-12(11-21)8-15(14)20/h6-8,13,24H,9-10H2,1-5H3. The Balaban J connectivity index is 1.84. The number of nitrogens with one attached hydrogen (secondary N) is 1. The number of anilines is 1. The highest BCUT2D eigenvalue weighted by Crippen LogP contribution is 2.36. The quantitative estimate of drug-likeness (QED) is 0.882. The summed E-state index contributed by atoms with van der Waals surface area (Å²) in [4.78, 5) is 2.16. The lowest BCUT2D eigenvalue weighted by molar-refractivity contribution is 0.161. The lowest BCUT2D eigenvalue weighted by atomic mass is 9.79. The van der Waals surface area contributed by atoms with Crippen LogP contribution in [-0.4, -0.2) is 34.4 Å². The highest BCUT2D eigenvalue weighted by molar-refractivity contribution is 7.18. The van der Waals surface area contributed by atoms with Crippen molar-refractivity contribution in [3.05, 3.63) is 29.6 Å². The third-order valence-electron chi connectivity index (χ3n) is 4.76. The van der Waals surface area contributed by atoms with E-state index in [-0.39, 0.29) is 11.1 Å². The van der Waals surface area contributed by atoms with Gasteiger partial charge in [0.1, 0.15) is 5.82 Å². The van der Waals surface area contributed by atoms with E-state index in [1.807, 2.05) is 13.1 Å². The van der Waals surface area contributed by atoms with Crippen LogP contribution in [-0.2, 0) is 0 Å². The molecule has 1 N–H and O–H groups in total. The van der Waals surface area contributed by atoms with Gasteiger partial charge in [-0.3, -0.25) is 0 Å². The van der Waals surface area contributed by atoms with E-state index < -0.39 is 5.82 Å². The molecule has 26 heavy (non-hydrogen) atoms.